The van der Waals surface area contributed by atoms with Gasteiger partial charge in [-0.1, -0.05) is 18.2 Å². The van der Waals surface area contributed by atoms with Crippen molar-refractivity contribution in [3.63, 3.8) is 0 Å². The van der Waals surface area contributed by atoms with E-state index in [2.05, 4.69) is 9.97 Å². The second kappa shape index (κ2) is 7.49. The number of aromatic nitrogens is 3. The number of hydrogen-bond donors (Lipinski definition) is 0. The summed E-state index contributed by atoms with van der Waals surface area (Å²) in [6.45, 7) is 5.71. The van der Waals surface area contributed by atoms with Gasteiger partial charge >= 0.3 is 6.01 Å². The summed E-state index contributed by atoms with van der Waals surface area (Å²) in [7, 11) is 0. The number of fused-ring (bicyclic) bond motifs is 3. The summed E-state index contributed by atoms with van der Waals surface area (Å²) in [6, 6.07) is 11.7. The maximum absolute atomic E-state index is 14.4. The molecule has 0 spiro atoms. The molecule has 0 N–H and O–H groups in total. The fraction of sp³-hybridized carbons (Fsp3) is 0.125. The molecule has 0 aliphatic heterocycles. The lowest BCUT2D eigenvalue weighted by Gasteiger charge is -2.15. The van der Waals surface area contributed by atoms with Crippen molar-refractivity contribution in [2.45, 2.75) is 20.8 Å². The number of benzene rings is 2. The molecule has 2 aromatic carbocycles. The molecule has 0 aliphatic rings. The molecule has 8 heteroatoms. The van der Waals surface area contributed by atoms with E-state index in [1.165, 1.54) is 22.0 Å². The normalized spacial score (nSPS) is 11.4. The zero-order chi connectivity index (χ0) is 22.6. The van der Waals surface area contributed by atoms with E-state index < -0.39 is 11.6 Å². The van der Waals surface area contributed by atoms with Crippen LogP contribution in [0, 0.1) is 32.4 Å². The second-order valence-corrected chi connectivity index (χ2v) is 8.63. The fourth-order valence-corrected chi connectivity index (χ4v) is 4.79. The standard InChI is InChI=1S/C24H17F2N3O2S/c1-12-14(3)32-22-19(12)21-20(13(2)27-22)23(30)29(16-7-5-4-6-8-16)24(28-21)31-18-10-9-15(25)11-17(18)26/h4-11H,1-3H3. The van der Waals surface area contributed by atoms with Crippen LogP contribution in [0.5, 0.6) is 11.8 Å². The van der Waals surface area contributed by atoms with Gasteiger partial charge in [-0.2, -0.15) is 4.98 Å². The topological polar surface area (TPSA) is 57.0 Å². The Kier molecular flexibility index (Phi) is 4.74. The van der Waals surface area contributed by atoms with Crippen molar-refractivity contribution in [2.75, 3.05) is 0 Å². The lowest BCUT2D eigenvalue weighted by Crippen LogP contribution is -2.22. The van der Waals surface area contributed by atoms with E-state index in [1.54, 1.807) is 31.2 Å². The zero-order valence-corrected chi connectivity index (χ0v) is 18.3. The molecule has 0 bridgehead atoms. The molecule has 0 saturated heterocycles. The molecule has 3 aromatic heterocycles. The molecule has 0 atom stereocenters. The molecule has 0 saturated carbocycles. The van der Waals surface area contributed by atoms with Crippen LogP contribution in [0.4, 0.5) is 8.78 Å². The van der Waals surface area contributed by atoms with Crippen LogP contribution < -0.4 is 10.3 Å². The van der Waals surface area contributed by atoms with Gasteiger partial charge in [-0.3, -0.25) is 4.79 Å². The number of aryl methyl sites for hydroxylation is 3. The molecular weight excluding hydrogens is 432 g/mol. The van der Waals surface area contributed by atoms with Gasteiger partial charge in [-0.05, 0) is 50.6 Å². The van der Waals surface area contributed by atoms with E-state index in [9.17, 15) is 13.6 Å². The first kappa shape index (κ1) is 20.3. The van der Waals surface area contributed by atoms with E-state index in [0.29, 0.717) is 22.3 Å². The van der Waals surface area contributed by atoms with Crippen LogP contribution in [0.15, 0.2) is 53.3 Å². The Hall–Kier alpha value is -3.65. The summed E-state index contributed by atoms with van der Waals surface area (Å²) in [5.74, 6) is -1.85. The summed E-state index contributed by atoms with van der Waals surface area (Å²) >= 11 is 1.53. The van der Waals surface area contributed by atoms with Crippen molar-refractivity contribution in [3.05, 3.63) is 86.7 Å². The van der Waals surface area contributed by atoms with Crippen LogP contribution in [0.25, 0.3) is 26.8 Å². The van der Waals surface area contributed by atoms with Gasteiger partial charge in [0.25, 0.3) is 5.56 Å². The largest absolute Gasteiger partial charge is 0.422 e. The van der Waals surface area contributed by atoms with Gasteiger partial charge < -0.3 is 4.74 Å². The third-order valence-electron chi connectivity index (χ3n) is 5.40. The van der Waals surface area contributed by atoms with Crippen LogP contribution in [0.3, 0.4) is 0 Å². The summed E-state index contributed by atoms with van der Waals surface area (Å²) in [5.41, 5.74) is 2.10. The molecule has 160 valence electrons. The molecule has 32 heavy (non-hydrogen) atoms. The summed E-state index contributed by atoms with van der Waals surface area (Å²) < 4.78 is 34.8. The van der Waals surface area contributed by atoms with Gasteiger partial charge in [0.15, 0.2) is 11.6 Å². The van der Waals surface area contributed by atoms with E-state index in [4.69, 9.17) is 4.74 Å². The minimum atomic E-state index is -0.891. The van der Waals surface area contributed by atoms with Gasteiger partial charge in [0.2, 0.25) is 0 Å². The number of rotatable bonds is 3. The van der Waals surface area contributed by atoms with E-state index >= 15 is 0 Å². The van der Waals surface area contributed by atoms with Crippen molar-refractivity contribution >= 4 is 32.5 Å². The monoisotopic (exact) mass is 449 g/mol. The molecule has 3 heterocycles. The summed E-state index contributed by atoms with van der Waals surface area (Å²) in [5, 5.41) is 1.14. The van der Waals surface area contributed by atoms with Gasteiger partial charge in [0.1, 0.15) is 10.6 Å². The predicted octanol–water partition coefficient (Wildman–Crippen LogP) is 5.99. The van der Waals surface area contributed by atoms with Gasteiger partial charge in [0.05, 0.1) is 22.3 Å². The number of thiophene rings is 1. The smallest absolute Gasteiger partial charge is 0.310 e. The van der Waals surface area contributed by atoms with Gasteiger partial charge in [0, 0.05) is 16.3 Å². The fourth-order valence-electron chi connectivity index (χ4n) is 3.71. The Morgan fingerprint density at radius 1 is 0.969 bits per heavy atom. The molecule has 0 amide bonds. The SMILES string of the molecule is Cc1sc2nc(C)c3c(=O)n(-c4ccccc4)c(Oc4ccc(F)cc4F)nc3c2c1C. The van der Waals surface area contributed by atoms with Crippen molar-refractivity contribution in [2.24, 2.45) is 0 Å². The molecule has 5 aromatic rings. The minimum Gasteiger partial charge on any atom is -0.422 e. The van der Waals surface area contributed by atoms with Crippen molar-refractivity contribution < 1.29 is 13.5 Å². The Bertz CT molecular complexity index is 1580. The van der Waals surface area contributed by atoms with Gasteiger partial charge in [-0.15, -0.1) is 11.3 Å². The Labute approximate surface area is 185 Å². The van der Waals surface area contributed by atoms with Crippen molar-refractivity contribution in [1.82, 2.24) is 14.5 Å². The number of nitrogens with zero attached hydrogens (tertiary/aromatic N) is 3. The lowest BCUT2D eigenvalue weighted by molar-refractivity contribution is 0.397. The third-order valence-corrected chi connectivity index (χ3v) is 6.50. The van der Waals surface area contributed by atoms with E-state index in [-0.39, 0.29) is 17.3 Å². The Morgan fingerprint density at radius 2 is 1.72 bits per heavy atom. The highest BCUT2D eigenvalue weighted by molar-refractivity contribution is 7.18. The first-order valence-electron chi connectivity index (χ1n) is 9.86. The van der Waals surface area contributed by atoms with Crippen LogP contribution in [0.2, 0.25) is 0 Å². The highest BCUT2D eigenvalue weighted by Gasteiger charge is 2.22. The summed E-state index contributed by atoms with van der Waals surface area (Å²) in [4.78, 5) is 24.9. The number of ether oxygens (including phenoxy) is 1. The summed E-state index contributed by atoms with van der Waals surface area (Å²) in [6.07, 6.45) is 0. The Morgan fingerprint density at radius 3 is 2.44 bits per heavy atom. The highest BCUT2D eigenvalue weighted by atomic mass is 32.1. The quantitative estimate of drug-likeness (QED) is 0.339. The number of hydrogen-bond acceptors (Lipinski definition) is 5. The number of para-hydroxylation sites is 1. The predicted molar refractivity (Wildman–Crippen MR) is 121 cm³/mol. The van der Waals surface area contributed by atoms with Gasteiger partial charge in [-0.25, -0.2) is 18.3 Å². The van der Waals surface area contributed by atoms with E-state index in [1.807, 2.05) is 19.9 Å². The average molecular weight is 449 g/mol. The molecule has 0 fully saturated rings. The first-order chi connectivity index (χ1) is 15.3. The molecule has 0 unspecified atom stereocenters. The third kappa shape index (κ3) is 3.15. The van der Waals surface area contributed by atoms with Crippen molar-refractivity contribution in [1.29, 1.82) is 0 Å². The molecular formula is C24H17F2N3O2S. The van der Waals surface area contributed by atoms with E-state index in [0.717, 1.165) is 32.8 Å². The van der Waals surface area contributed by atoms with Crippen LogP contribution in [-0.4, -0.2) is 14.5 Å². The second-order valence-electron chi connectivity index (χ2n) is 7.43. The molecule has 0 radical (unpaired) electrons. The molecule has 5 rings (SSSR count). The minimum absolute atomic E-state index is 0.116. The maximum atomic E-state index is 14.4. The first-order valence-corrected chi connectivity index (χ1v) is 10.7. The average Bonchev–Trinajstić information content (AvgIpc) is 3.04. The molecule has 0 aliphatic carbocycles. The van der Waals surface area contributed by atoms with Crippen LogP contribution in [0.1, 0.15) is 16.1 Å². The van der Waals surface area contributed by atoms with Crippen LogP contribution in [-0.2, 0) is 0 Å². The van der Waals surface area contributed by atoms with Crippen molar-refractivity contribution in [3.8, 4) is 17.4 Å². The number of pyridine rings is 1. The highest BCUT2D eigenvalue weighted by Crippen LogP contribution is 2.35. The number of halogens is 2. The maximum Gasteiger partial charge on any atom is 0.310 e. The lowest BCUT2D eigenvalue weighted by atomic mass is 10.1. The zero-order valence-electron chi connectivity index (χ0n) is 17.4. The van der Waals surface area contributed by atoms with Crippen LogP contribution >= 0.6 is 11.3 Å². The Balaban J connectivity index is 1.89. The molecule has 5 nitrogen and oxygen atoms in total.